The molecule has 0 radical (unpaired) electrons. The second kappa shape index (κ2) is 16.7. The number of para-hydroxylation sites is 1. The van der Waals surface area contributed by atoms with Crippen LogP contribution < -0.4 is 4.90 Å². The first-order valence-electron chi connectivity index (χ1n) is 23.4. The largest absolute Gasteiger partial charge is 0.336 e. The van der Waals surface area contributed by atoms with Crippen LogP contribution in [0.1, 0.15) is 11.0 Å². The van der Waals surface area contributed by atoms with E-state index < -0.39 is 0 Å². The third-order valence-electron chi connectivity index (χ3n) is 12.0. The molecule has 0 aliphatic rings. The minimum absolute atomic E-state index is 0.101. The molecule has 0 saturated carbocycles. The number of nitrogens with zero attached hydrogens (tertiary/aromatic N) is 2. The maximum absolute atomic E-state index is 9.70. The highest BCUT2D eigenvalue weighted by Gasteiger charge is 2.17. The van der Waals surface area contributed by atoms with Gasteiger partial charge in [-0.05, 0) is 122 Å². The molecule has 0 saturated heterocycles. The monoisotopic (exact) mass is 808 g/mol. The molecule has 2 nitrogen and oxygen atoms in total. The molecule has 2 heteroatoms. The Morgan fingerprint density at radius 1 is 0.317 bits per heavy atom. The zero-order valence-electron chi connectivity index (χ0n) is 38.5. The van der Waals surface area contributed by atoms with Gasteiger partial charge in [-0.15, -0.1) is 0 Å². The summed E-state index contributed by atoms with van der Waals surface area (Å²) in [6, 6.07) is 78.1. The summed E-state index contributed by atoms with van der Waals surface area (Å²) in [4.78, 5) is 1.86. The van der Waals surface area contributed by atoms with Gasteiger partial charge in [0.2, 0.25) is 0 Å². The third-order valence-corrected chi connectivity index (χ3v) is 12.0. The molecular formula is C61H44N2. The Morgan fingerprint density at radius 2 is 0.778 bits per heavy atom. The van der Waals surface area contributed by atoms with E-state index in [1.54, 1.807) is 0 Å². The lowest BCUT2D eigenvalue weighted by Gasteiger charge is -2.26. The summed E-state index contributed by atoms with van der Waals surface area (Å²) >= 11 is 0. The average Bonchev–Trinajstić information content (AvgIpc) is 3.70. The molecule has 0 aliphatic heterocycles. The summed E-state index contributed by atoms with van der Waals surface area (Å²) in [6.07, 6.45) is 0. The Labute approximate surface area is 374 Å². The van der Waals surface area contributed by atoms with Gasteiger partial charge in [-0.3, -0.25) is 0 Å². The molecule has 0 fully saturated rings. The summed E-state index contributed by atoms with van der Waals surface area (Å²) in [5.41, 5.74) is 14.6. The quantitative estimate of drug-likeness (QED) is 0.134. The van der Waals surface area contributed by atoms with Crippen molar-refractivity contribution in [3.8, 4) is 55.6 Å². The molecule has 0 bridgehead atoms. The molecule has 0 aliphatic carbocycles. The van der Waals surface area contributed by atoms with Crippen LogP contribution >= 0.6 is 0 Å². The minimum Gasteiger partial charge on any atom is -0.336 e. The van der Waals surface area contributed by atoms with Gasteiger partial charge >= 0.3 is 0 Å². The highest BCUT2D eigenvalue weighted by molar-refractivity contribution is 6.09. The SMILES string of the molecule is [2H]c1c([2H])c(N(c2ccc(-c3ccccc3)cc2)c2ccc(-c3ccccc3-c3ccccc3)cc2)c([2H])c([2H])c1-c1ccc2c(c1)c1ccccc1n2Cc1cccc(-c2ccccc2)c1. The molecule has 10 aromatic carbocycles. The van der Waals surface area contributed by atoms with Crippen LogP contribution in [-0.2, 0) is 6.54 Å². The fourth-order valence-electron chi connectivity index (χ4n) is 8.84. The normalized spacial score (nSPS) is 12.1. The molecular weight excluding hydrogens is 761 g/mol. The van der Waals surface area contributed by atoms with Crippen LogP contribution in [-0.4, -0.2) is 4.57 Å². The molecule has 1 heterocycles. The number of anilines is 3. The summed E-state index contributed by atoms with van der Waals surface area (Å²) in [5.74, 6) is 0. The number of hydrogen-bond acceptors (Lipinski definition) is 1. The van der Waals surface area contributed by atoms with Gasteiger partial charge in [0.05, 0.1) is 5.48 Å². The average molecular weight is 809 g/mol. The Bertz CT molecular complexity index is 3540. The fraction of sp³-hybridized carbons (Fsp3) is 0.0164. The lowest BCUT2D eigenvalue weighted by Crippen LogP contribution is -2.09. The number of benzene rings is 10. The molecule has 0 N–H and O–H groups in total. The Balaban J connectivity index is 1.01. The number of fused-ring (bicyclic) bond motifs is 3. The lowest BCUT2D eigenvalue weighted by atomic mass is 9.94. The van der Waals surface area contributed by atoms with E-state index in [0.717, 1.165) is 60.8 Å². The molecule has 0 spiro atoms. The summed E-state index contributed by atoms with van der Waals surface area (Å²) in [5, 5.41) is 2.05. The van der Waals surface area contributed by atoms with Crippen LogP contribution in [0.15, 0.2) is 255 Å². The highest BCUT2D eigenvalue weighted by Crippen LogP contribution is 2.40. The summed E-state index contributed by atoms with van der Waals surface area (Å²) in [6.45, 7) is 0.655. The second-order valence-electron chi connectivity index (χ2n) is 15.8. The summed E-state index contributed by atoms with van der Waals surface area (Å²) in [7, 11) is 0. The number of aromatic nitrogens is 1. The highest BCUT2D eigenvalue weighted by atomic mass is 15.1. The van der Waals surface area contributed by atoms with Gasteiger partial charge < -0.3 is 9.47 Å². The first-order chi connectivity index (χ1) is 32.9. The van der Waals surface area contributed by atoms with Crippen molar-refractivity contribution >= 4 is 38.9 Å². The Kier molecular flexibility index (Phi) is 8.88. The van der Waals surface area contributed by atoms with Crippen molar-refractivity contribution in [1.29, 1.82) is 0 Å². The fourth-order valence-corrected chi connectivity index (χ4v) is 8.84. The smallest absolute Gasteiger partial charge is 0.0645 e. The van der Waals surface area contributed by atoms with Gasteiger partial charge in [0.1, 0.15) is 0 Å². The predicted octanol–water partition coefficient (Wildman–Crippen LogP) is 16.6. The predicted molar refractivity (Wildman–Crippen MR) is 267 cm³/mol. The van der Waals surface area contributed by atoms with E-state index in [4.69, 9.17) is 0 Å². The van der Waals surface area contributed by atoms with E-state index in [2.05, 4.69) is 132 Å². The van der Waals surface area contributed by atoms with Gasteiger partial charge in [-0.1, -0.05) is 194 Å². The van der Waals surface area contributed by atoms with Gasteiger partial charge in [-0.2, -0.15) is 0 Å². The van der Waals surface area contributed by atoms with Crippen molar-refractivity contribution in [3.05, 3.63) is 260 Å². The molecule has 298 valence electrons. The minimum atomic E-state index is -0.123. The number of rotatable bonds is 10. The standard InChI is InChI=1S/C61H44N2/c1-4-16-45(17-5-1)47-27-34-53(35-28-47)63(55-38-31-50(32-39-55)57-24-11-10-23-56(57)49-20-8-3-9-21-49)54-36-29-48(30-37-54)52-33-40-61-59(42-52)58-25-12-13-26-60(58)62(61)43-44-15-14-22-51(41-44)46-18-6-2-7-19-46/h1-42H,43H2/i29D,30D,36D,37D. The van der Waals surface area contributed by atoms with E-state index in [9.17, 15) is 5.48 Å². The molecule has 1 aromatic heterocycles. The maximum Gasteiger partial charge on any atom is 0.0645 e. The van der Waals surface area contributed by atoms with E-state index in [0.29, 0.717) is 23.5 Å². The van der Waals surface area contributed by atoms with Gasteiger partial charge in [0, 0.05) is 45.4 Å². The third kappa shape index (κ3) is 7.49. The van der Waals surface area contributed by atoms with E-state index in [-0.39, 0.29) is 35.4 Å². The first kappa shape index (κ1) is 33.5. The Hall–Kier alpha value is -8.20. The van der Waals surface area contributed by atoms with Crippen LogP contribution in [0.4, 0.5) is 17.1 Å². The molecule has 0 atom stereocenters. The zero-order chi connectivity index (χ0) is 45.4. The van der Waals surface area contributed by atoms with Gasteiger partial charge in [-0.25, -0.2) is 0 Å². The molecule has 0 unspecified atom stereocenters. The molecule has 63 heavy (non-hydrogen) atoms. The zero-order valence-corrected chi connectivity index (χ0v) is 34.5. The van der Waals surface area contributed by atoms with Crippen molar-refractivity contribution in [3.63, 3.8) is 0 Å². The van der Waals surface area contributed by atoms with Gasteiger partial charge in [0.25, 0.3) is 0 Å². The molecule has 11 rings (SSSR count). The van der Waals surface area contributed by atoms with E-state index >= 15 is 0 Å². The van der Waals surface area contributed by atoms with Crippen LogP contribution in [0.3, 0.4) is 0 Å². The van der Waals surface area contributed by atoms with Crippen LogP contribution in [0.5, 0.6) is 0 Å². The molecule has 11 aromatic rings. The summed E-state index contributed by atoms with van der Waals surface area (Å²) < 4.78 is 41.0. The van der Waals surface area contributed by atoms with Gasteiger partial charge in [0.15, 0.2) is 0 Å². The van der Waals surface area contributed by atoms with E-state index in [1.165, 1.54) is 11.1 Å². The second-order valence-corrected chi connectivity index (χ2v) is 15.8. The van der Waals surface area contributed by atoms with Crippen molar-refractivity contribution < 1.29 is 5.48 Å². The van der Waals surface area contributed by atoms with Crippen molar-refractivity contribution in [2.75, 3.05) is 4.90 Å². The van der Waals surface area contributed by atoms with Crippen LogP contribution in [0, 0.1) is 0 Å². The Morgan fingerprint density at radius 3 is 1.43 bits per heavy atom. The van der Waals surface area contributed by atoms with Crippen LogP contribution in [0.2, 0.25) is 0 Å². The number of hydrogen-bond donors (Lipinski definition) is 0. The topological polar surface area (TPSA) is 8.17 Å². The first-order valence-corrected chi connectivity index (χ1v) is 21.4. The van der Waals surface area contributed by atoms with Crippen molar-refractivity contribution in [2.24, 2.45) is 0 Å². The lowest BCUT2D eigenvalue weighted by molar-refractivity contribution is 0.869. The molecule has 0 amide bonds. The van der Waals surface area contributed by atoms with Crippen LogP contribution in [0.25, 0.3) is 77.4 Å². The van der Waals surface area contributed by atoms with E-state index in [1.807, 2.05) is 108 Å². The van der Waals surface area contributed by atoms with Crippen molar-refractivity contribution in [1.82, 2.24) is 4.57 Å². The maximum atomic E-state index is 9.70. The van der Waals surface area contributed by atoms with Crippen molar-refractivity contribution in [2.45, 2.75) is 6.54 Å².